The normalized spacial score (nSPS) is 10.7. The molecule has 0 heterocycles. The van der Waals surface area contributed by atoms with Crippen molar-refractivity contribution in [2.45, 2.75) is 12.5 Å². The number of rotatable bonds is 3. The summed E-state index contributed by atoms with van der Waals surface area (Å²) in [7, 11) is 5.47. The summed E-state index contributed by atoms with van der Waals surface area (Å²) in [5.41, 5.74) is 6.89. The molecule has 1 atom stereocenters. The van der Waals surface area contributed by atoms with Gasteiger partial charge in [-0.05, 0) is 12.0 Å². The molecule has 4 nitrogen and oxygen atoms in total. The second-order valence-electron chi connectivity index (χ2n) is 2.89. The van der Waals surface area contributed by atoms with E-state index in [9.17, 15) is 4.79 Å². The zero-order chi connectivity index (χ0) is 9.84. The fourth-order valence-corrected chi connectivity index (χ4v) is 0.995. The molecule has 0 amide bonds. The molecule has 4 N–H and O–H groups in total. The van der Waals surface area contributed by atoms with Gasteiger partial charge in [-0.3, -0.25) is 4.79 Å². The first-order valence-corrected chi connectivity index (χ1v) is 3.92. The molecule has 0 aliphatic rings. The van der Waals surface area contributed by atoms with E-state index in [2.05, 4.69) is 0 Å². The molecular formula is C9H11BNNaO3. The molecule has 0 saturated heterocycles. The molecule has 1 aromatic rings. The number of hydrogen-bond acceptors (Lipinski definition) is 3. The first kappa shape index (κ1) is 17.1. The van der Waals surface area contributed by atoms with E-state index in [1.165, 1.54) is 0 Å². The zero-order valence-corrected chi connectivity index (χ0v) is 10.6. The van der Waals surface area contributed by atoms with Gasteiger partial charge in [0.05, 0.1) is 0 Å². The van der Waals surface area contributed by atoms with E-state index in [1.807, 2.05) is 0 Å². The van der Waals surface area contributed by atoms with Crippen LogP contribution in [0.4, 0.5) is 0 Å². The van der Waals surface area contributed by atoms with Crippen molar-refractivity contribution in [2.75, 3.05) is 0 Å². The summed E-state index contributed by atoms with van der Waals surface area (Å²) in [6, 6.07) is 6.16. The summed E-state index contributed by atoms with van der Waals surface area (Å²) < 4.78 is 0. The van der Waals surface area contributed by atoms with Crippen LogP contribution < -0.4 is 40.8 Å². The molecule has 1 rings (SSSR count). The van der Waals surface area contributed by atoms with Crippen molar-refractivity contribution in [1.82, 2.24) is 0 Å². The summed E-state index contributed by atoms with van der Waals surface area (Å²) in [5, 5.41) is 8.55. The Morgan fingerprint density at radius 2 is 1.87 bits per heavy atom. The fraction of sp³-hybridized carbons (Fsp3) is 0.222. The summed E-state index contributed by atoms with van der Waals surface area (Å²) in [6.45, 7) is 0. The third kappa shape index (κ3) is 5.97. The van der Waals surface area contributed by atoms with Gasteiger partial charge in [0.2, 0.25) is 0 Å². The summed E-state index contributed by atoms with van der Waals surface area (Å²) in [4.78, 5) is 10.4. The van der Waals surface area contributed by atoms with Gasteiger partial charge in [-0.15, -0.1) is 0 Å². The van der Waals surface area contributed by atoms with Crippen molar-refractivity contribution >= 4 is 19.3 Å². The largest absolute Gasteiger partial charge is 1.00 e. The van der Waals surface area contributed by atoms with E-state index in [0.29, 0.717) is 11.9 Å². The van der Waals surface area contributed by atoms with Crippen LogP contribution in [0.3, 0.4) is 0 Å². The molecule has 0 aliphatic heterocycles. The summed E-state index contributed by atoms with van der Waals surface area (Å²) in [6.07, 6.45) is 0.329. The SMILES string of the molecule is [B]c1ccc(C[C@H](N)C(=O)O)cc1.[Na+].[OH-]. The number of carboxylic acids is 1. The minimum absolute atomic E-state index is 0. The van der Waals surface area contributed by atoms with E-state index >= 15 is 0 Å². The number of carbonyl (C=O) groups is 1. The van der Waals surface area contributed by atoms with Crippen molar-refractivity contribution in [3.05, 3.63) is 29.8 Å². The molecule has 15 heavy (non-hydrogen) atoms. The van der Waals surface area contributed by atoms with Crippen molar-refractivity contribution in [2.24, 2.45) is 5.73 Å². The predicted molar refractivity (Wildman–Crippen MR) is 53.1 cm³/mol. The van der Waals surface area contributed by atoms with E-state index < -0.39 is 12.0 Å². The Labute approximate surface area is 112 Å². The zero-order valence-electron chi connectivity index (χ0n) is 8.55. The summed E-state index contributed by atoms with van der Waals surface area (Å²) in [5.74, 6) is -0.989. The smallest absolute Gasteiger partial charge is 0.870 e. The van der Waals surface area contributed by atoms with E-state index in [-0.39, 0.29) is 35.0 Å². The van der Waals surface area contributed by atoms with Crippen molar-refractivity contribution in [3.8, 4) is 0 Å². The Bertz CT molecular complexity index is 305. The first-order valence-electron chi connectivity index (χ1n) is 3.92. The summed E-state index contributed by atoms with van der Waals surface area (Å²) >= 11 is 0. The topological polar surface area (TPSA) is 93.3 Å². The Morgan fingerprint density at radius 1 is 1.40 bits per heavy atom. The van der Waals surface area contributed by atoms with Crippen molar-refractivity contribution in [3.63, 3.8) is 0 Å². The van der Waals surface area contributed by atoms with Crippen LogP contribution in [0, 0.1) is 0 Å². The maximum atomic E-state index is 10.4. The van der Waals surface area contributed by atoms with Crippen LogP contribution in [-0.4, -0.2) is 30.4 Å². The third-order valence-electron chi connectivity index (χ3n) is 1.75. The van der Waals surface area contributed by atoms with Gasteiger partial charge in [-0.1, -0.05) is 29.7 Å². The maximum absolute atomic E-state index is 10.4. The fourth-order valence-electron chi connectivity index (χ4n) is 0.995. The van der Waals surface area contributed by atoms with Gasteiger partial charge < -0.3 is 16.3 Å². The quantitative estimate of drug-likeness (QED) is 0.506. The molecule has 0 bridgehead atoms. The number of carboxylic acid groups (broad SMARTS) is 1. The minimum Gasteiger partial charge on any atom is -0.870 e. The molecule has 0 fully saturated rings. The number of aliphatic carboxylic acids is 1. The number of benzene rings is 1. The predicted octanol–water partition coefficient (Wildman–Crippen LogP) is -3.74. The van der Waals surface area contributed by atoms with Crippen LogP contribution in [-0.2, 0) is 11.2 Å². The van der Waals surface area contributed by atoms with Gasteiger partial charge in [0.15, 0.2) is 0 Å². The van der Waals surface area contributed by atoms with Gasteiger partial charge in [-0.2, -0.15) is 0 Å². The molecule has 0 aromatic heterocycles. The second-order valence-corrected chi connectivity index (χ2v) is 2.89. The van der Waals surface area contributed by atoms with Crippen LogP contribution in [0.15, 0.2) is 24.3 Å². The second kappa shape index (κ2) is 7.90. The van der Waals surface area contributed by atoms with Crippen LogP contribution in [0.5, 0.6) is 0 Å². The monoisotopic (exact) mass is 215 g/mol. The molecule has 0 saturated carbocycles. The third-order valence-corrected chi connectivity index (χ3v) is 1.75. The van der Waals surface area contributed by atoms with Gasteiger partial charge in [0.1, 0.15) is 13.9 Å². The Balaban J connectivity index is 0. The van der Waals surface area contributed by atoms with Gasteiger partial charge in [-0.25, -0.2) is 0 Å². The molecular weight excluding hydrogens is 204 g/mol. The number of nitrogens with two attached hydrogens (primary N) is 1. The maximum Gasteiger partial charge on any atom is 1.00 e. The van der Waals surface area contributed by atoms with Crippen molar-refractivity contribution < 1.29 is 44.9 Å². The van der Waals surface area contributed by atoms with E-state index in [4.69, 9.17) is 18.7 Å². The molecule has 0 aliphatic carbocycles. The molecule has 0 unspecified atom stereocenters. The van der Waals surface area contributed by atoms with E-state index in [1.54, 1.807) is 24.3 Å². The molecule has 6 heteroatoms. The molecule has 74 valence electrons. The molecule has 0 spiro atoms. The van der Waals surface area contributed by atoms with Gasteiger partial charge in [0, 0.05) is 0 Å². The Hall–Kier alpha value is -0.325. The average Bonchev–Trinajstić information content (AvgIpc) is 2.08. The van der Waals surface area contributed by atoms with Crippen LogP contribution in [0.25, 0.3) is 0 Å². The average molecular weight is 215 g/mol. The van der Waals surface area contributed by atoms with Crippen LogP contribution >= 0.6 is 0 Å². The number of hydrogen-bond donors (Lipinski definition) is 2. The standard InChI is InChI=1S/C9H10BNO2.Na.H2O/c10-7-3-1-6(2-4-7)5-8(11)9(12)13;;/h1-4,8H,5,11H2,(H,12,13);;1H2/q;+1;/p-1/t8-;;/m0../s1. The van der Waals surface area contributed by atoms with Gasteiger partial charge in [0.25, 0.3) is 0 Å². The van der Waals surface area contributed by atoms with Gasteiger partial charge >= 0.3 is 35.5 Å². The minimum atomic E-state index is -0.989. The first-order chi connectivity index (χ1) is 6.09. The Morgan fingerprint density at radius 3 is 2.27 bits per heavy atom. The van der Waals surface area contributed by atoms with E-state index in [0.717, 1.165) is 5.56 Å². The van der Waals surface area contributed by atoms with Crippen LogP contribution in [0.2, 0.25) is 0 Å². The molecule has 1 aromatic carbocycles. The van der Waals surface area contributed by atoms with Crippen molar-refractivity contribution in [1.29, 1.82) is 0 Å². The molecule has 2 radical (unpaired) electrons. The Kier molecular flexibility index (Phi) is 9.00. The van der Waals surface area contributed by atoms with Crippen LogP contribution in [0.1, 0.15) is 5.56 Å².